The molecule has 2 N–H and O–H groups in total. The molecular weight excluding hydrogens is 238 g/mol. The molecule has 0 bridgehead atoms. The lowest BCUT2D eigenvalue weighted by atomic mass is 10.0. The van der Waals surface area contributed by atoms with Gasteiger partial charge in [0.2, 0.25) is 0 Å². The van der Waals surface area contributed by atoms with Crippen LogP contribution in [-0.2, 0) is 6.42 Å². The number of nitrogens with one attached hydrogen (secondary N) is 1. The van der Waals surface area contributed by atoms with E-state index in [0.717, 1.165) is 44.6 Å². The third kappa shape index (κ3) is 3.95. The van der Waals surface area contributed by atoms with E-state index < -0.39 is 0 Å². The van der Waals surface area contributed by atoms with Crippen molar-refractivity contribution in [2.75, 3.05) is 13.2 Å². The van der Waals surface area contributed by atoms with Crippen molar-refractivity contribution in [3.05, 3.63) is 29.3 Å². The Balaban J connectivity index is 1.90. The zero-order valence-electron chi connectivity index (χ0n) is 12.0. The molecule has 2 rings (SSSR count). The summed E-state index contributed by atoms with van der Waals surface area (Å²) in [7, 11) is 0. The van der Waals surface area contributed by atoms with Crippen LogP contribution in [0.15, 0.2) is 18.2 Å². The van der Waals surface area contributed by atoms with Gasteiger partial charge in [-0.05, 0) is 49.9 Å². The summed E-state index contributed by atoms with van der Waals surface area (Å²) in [6, 6.07) is 6.94. The summed E-state index contributed by atoms with van der Waals surface area (Å²) in [5.41, 5.74) is 2.69. The largest absolute Gasteiger partial charge is 0.493 e. The molecule has 106 valence electrons. The third-order valence-electron chi connectivity index (χ3n) is 3.71. The number of rotatable bonds is 7. The summed E-state index contributed by atoms with van der Waals surface area (Å²) >= 11 is 0. The Morgan fingerprint density at radius 2 is 2.26 bits per heavy atom. The van der Waals surface area contributed by atoms with Gasteiger partial charge in [-0.2, -0.15) is 0 Å². The van der Waals surface area contributed by atoms with Crippen LogP contribution in [0.1, 0.15) is 50.3 Å². The fourth-order valence-corrected chi connectivity index (χ4v) is 2.59. The molecule has 0 aliphatic carbocycles. The summed E-state index contributed by atoms with van der Waals surface area (Å²) in [5.74, 6) is 1.05. The summed E-state index contributed by atoms with van der Waals surface area (Å²) in [5, 5.41) is 12.8. The molecule has 0 saturated carbocycles. The van der Waals surface area contributed by atoms with Crippen LogP contribution in [-0.4, -0.2) is 24.4 Å². The van der Waals surface area contributed by atoms with E-state index in [9.17, 15) is 5.11 Å². The van der Waals surface area contributed by atoms with E-state index in [2.05, 4.69) is 30.4 Å². The van der Waals surface area contributed by atoms with Crippen LogP contribution in [0.3, 0.4) is 0 Å². The van der Waals surface area contributed by atoms with Crippen LogP contribution < -0.4 is 10.1 Å². The van der Waals surface area contributed by atoms with Crippen molar-refractivity contribution in [3.8, 4) is 5.75 Å². The second-order valence-electron chi connectivity index (χ2n) is 5.37. The highest BCUT2D eigenvalue weighted by Crippen LogP contribution is 2.29. The number of fused-ring (bicyclic) bond motifs is 1. The van der Waals surface area contributed by atoms with Crippen LogP contribution in [0, 0.1) is 0 Å². The molecule has 0 aromatic heterocycles. The Kier molecular flexibility index (Phi) is 5.23. The Hall–Kier alpha value is -1.06. The SMILES string of the molecule is CCC(NCCCC(C)O)c1ccc2c(c1)CCO2. The van der Waals surface area contributed by atoms with Crippen LogP contribution in [0.4, 0.5) is 0 Å². The second kappa shape index (κ2) is 6.92. The van der Waals surface area contributed by atoms with Crippen LogP contribution in [0.2, 0.25) is 0 Å². The second-order valence-corrected chi connectivity index (χ2v) is 5.37. The van der Waals surface area contributed by atoms with Crippen LogP contribution in [0.25, 0.3) is 0 Å². The van der Waals surface area contributed by atoms with Crippen molar-refractivity contribution >= 4 is 0 Å². The van der Waals surface area contributed by atoms with E-state index >= 15 is 0 Å². The van der Waals surface area contributed by atoms with Crippen molar-refractivity contribution in [1.82, 2.24) is 5.32 Å². The first-order valence-electron chi connectivity index (χ1n) is 7.37. The first-order valence-corrected chi connectivity index (χ1v) is 7.37. The van der Waals surface area contributed by atoms with Gasteiger partial charge < -0.3 is 15.2 Å². The molecule has 0 fully saturated rings. The number of hydrogen-bond donors (Lipinski definition) is 2. The van der Waals surface area contributed by atoms with Crippen LogP contribution in [0.5, 0.6) is 5.75 Å². The lowest BCUT2D eigenvalue weighted by Crippen LogP contribution is -2.22. The number of aliphatic hydroxyl groups excluding tert-OH is 1. The monoisotopic (exact) mass is 263 g/mol. The normalized spacial score (nSPS) is 16.8. The smallest absolute Gasteiger partial charge is 0.122 e. The number of ether oxygens (including phenoxy) is 1. The van der Waals surface area contributed by atoms with E-state index in [-0.39, 0.29) is 6.10 Å². The average Bonchev–Trinajstić information content (AvgIpc) is 2.85. The first kappa shape index (κ1) is 14.4. The maximum absolute atomic E-state index is 9.26. The summed E-state index contributed by atoms with van der Waals surface area (Å²) in [6.45, 7) is 5.82. The maximum atomic E-state index is 9.26. The standard InChI is InChI=1S/C16H25NO2/c1-3-15(17-9-4-5-12(2)18)13-6-7-16-14(11-13)8-10-19-16/h6-7,11-12,15,17-18H,3-5,8-10H2,1-2H3. The average molecular weight is 263 g/mol. The van der Waals surface area contributed by atoms with Crippen molar-refractivity contribution in [3.63, 3.8) is 0 Å². The minimum atomic E-state index is -0.195. The zero-order valence-corrected chi connectivity index (χ0v) is 12.0. The van der Waals surface area contributed by atoms with Gasteiger partial charge in [-0.25, -0.2) is 0 Å². The molecule has 19 heavy (non-hydrogen) atoms. The minimum Gasteiger partial charge on any atom is -0.493 e. The number of benzene rings is 1. The lowest BCUT2D eigenvalue weighted by molar-refractivity contribution is 0.181. The lowest BCUT2D eigenvalue weighted by Gasteiger charge is -2.18. The van der Waals surface area contributed by atoms with Gasteiger partial charge >= 0.3 is 0 Å². The molecule has 3 nitrogen and oxygen atoms in total. The molecule has 3 heteroatoms. The van der Waals surface area contributed by atoms with Gasteiger partial charge in [-0.15, -0.1) is 0 Å². The molecule has 1 aliphatic heterocycles. The minimum absolute atomic E-state index is 0.195. The topological polar surface area (TPSA) is 41.5 Å². The Bertz CT molecular complexity index is 404. The Morgan fingerprint density at radius 1 is 1.42 bits per heavy atom. The fraction of sp³-hybridized carbons (Fsp3) is 0.625. The molecule has 1 aromatic rings. The molecule has 0 spiro atoms. The molecule has 0 amide bonds. The predicted molar refractivity (Wildman–Crippen MR) is 77.6 cm³/mol. The third-order valence-corrected chi connectivity index (χ3v) is 3.71. The fourth-order valence-electron chi connectivity index (χ4n) is 2.59. The van der Waals surface area contributed by atoms with Gasteiger partial charge in [0.25, 0.3) is 0 Å². The molecular formula is C16H25NO2. The van der Waals surface area contributed by atoms with Crippen LogP contribution >= 0.6 is 0 Å². The Morgan fingerprint density at radius 3 is 3.00 bits per heavy atom. The zero-order chi connectivity index (χ0) is 13.7. The summed E-state index contributed by atoms with van der Waals surface area (Å²) in [4.78, 5) is 0. The molecule has 0 radical (unpaired) electrons. The quantitative estimate of drug-likeness (QED) is 0.743. The van der Waals surface area contributed by atoms with Gasteiger partial charge in [-0.1, -0.05) is 19.1 Å². The van der Waals surface area contributed by atoms with Gasteiger partial charge in [0.1, 0.15) is 5.75 Å². The van der Waals surface area contributed by atoms with Gasteiger partial charge in [0.05, 0.1) is 12.7 Å². The summed E-state index contributed by atoms with van der Waals surface area (Å²) < 4.78 is 5.54. The molecule has 1 aliphatic rings. The van der Waals surface area contributed by atoms with Crippen molar-refractivity contribution < 1.29 is 9.84 Å². The highest BCUT2D eigenvalue weighted by molar-refractivity contribution is 5.40. The van der Waals surface area contributed by atoms with E-state index in [1.165, 1.54) is 11.1 Å². The van der Waals surface area contributed by atoms with E-state index in [1.54, 1.807) is 0 Å². The molecule has 1 aromatic carbocycles. The first-order chi connectivity index (χ1) is 9.20. The van der Waals surface area contributed by atoms with E-state index in [0.29, 0.717) is 6.04 Å². The highest BCUT2D eigenvalue weighted by Gasteiger charge is 2.15. The Labute approximate surface area is 116 Å². The van der Waals surface area contributed by atoms with E-state index in [4.69, 9.17) is 4.74 Å². The van der Waals surface area contributed by atoms with Crippen molar-refractivity contribution in [1.29, 1.82) is 0 Å². The van der Waals surface area contributed by atoms with Gasteiger partial charge in [0.15, 0.2) is 0 Å². The molecule has 1 heterocycles. The number of hydrogen-bond acceptors (Lipinski definition) is 3. The van der Waals surface area contributed by atoms with Crippen molar-refractivity contribution in [2.24, 2.45) is 0 Å². The highest BCUT2D eigenvalue weighted by atomic mass is 16.5. The van der Waals surface area contributed by atoms with Gasteiger partial charge in [-0.3, -0.25) is 0 Å². The molecule has 0 saturated heterocycles. The van der Waals surface area contributed by atoms with E-state index in [1.807, 2.05) is 6.92 Å². The van der Waals surface area contributed by atoms with Gasteiger partial charge in [0, 0.05) is 12.5 Å². The number of aliphatic hydroxyl groups is 1. The summed E-state index contributed by atoms with van der Waals surface area (Å²) in [6.07, 6.45) is 3.79. The molecule has 2 atom stereocenters. The predicted octanol–water partition coefficient (Wildman–Crippen LogP) is 2.82. The molecule has 2 unspecified atom stereocenters. The van der Waals surface area contributed by atoms with Crippen molar-refractivity contribution in [2.45, 2.75) is 51.7 Å². The maximum Gasteiger partial charge on any atom is 0.122 e.